The van der Waals surface area contributed by atoms with Gasteiger partial charge >= 0.3 is 0 Å². The third kappa shape index (κ3) is 4.59. The lowest BCUT2D eigenvalue weighted by molar-refractivity contribution is -0.115. The maximum absolute atomic E-state index is 12.2. The molecule has 3 heterocycles. The van der Waals surface area contributed by atoms with Gasteiger partial charge in [0.2, 0.25) is 17.6 Å². The molecule has 0 saturated heterocycles. The van der Waals surface area contributed by atoms with Crippen molar-refractivity contribution >= 4 is 44.8 Å². The number of nitrogens with one attached hydrogen (secondary N) is 2. The number of thiazole rings is 1. The summed E-state index contributed by atoms with van der Waals surface area (Å²) in [7, 11) is 0. The standard InChI is InChI=1S/C19H18N8O3S/c1-10-24-17(27-30-10)12-3-2-11-4-6-21-18(13(11)8-12)22-7-5-15(28)25-19-23-9-14(31-19)16(20)26-29/h2-4,6,8-9,29H,5,7H2,1H3,(H2,20,26)(H,21,22)(H,23,25,28). The van der Waals surface area contributed by atoms with Crippen LogP contribution in [-0.2, 0) is 4.79 Å². The van der Waals surface area contributed by atoms with Crippen LogP contribution in [-0.4, -0.2) is 43.6 Å². The van der Waals surface area contributed by atoms with Crippen molar-refractivity contribution in [3.8, 4) is 11.4 Å². The van der Waals surface area contributed by atoms with Crippen molar-refractivity contribution in [2.45, 2.75) is 13.3 Å². The summed E-state index contributed by atoms with van der Waals surface area (Å²) in [5.74, 6) is 1.36. The number of amidine groups is 1. The summed E-state index contributed by atoms with van der Waals surface area (Å²) in [6.45, 7) is 2.10. The van der Waals surface area contributed by atoms with Crippen molar-refractivity contribution in [2.75, 3.05) is 17.2 Å². The molecule has 0 unspecified atom stereocenters. The van der Waals surface area contributed by atoms with E-state index in [1.54, 1.807) is 13.1 Å². The highest BCUT2D eigenvalue weighted by molar-refractivity contribution is 7.17. The van der Waals surface area contributed by atoms with E-state index in [-0.39, 0.29) is 18.2 Å². The number of carbonyl (C=O) groups excluding carboxylic acids is 1. The minimum absolute atomic E-state index is 0.0583. The summed E-state index contributed by atoms with van der Waals surface area (Å²) in [6.07, 6.45) is 3.32. The van der Waals surface area contributed by atoms with Gasteiger partial charge in [0.15, 0.2) is 11.0 Å². The number of nitrogens with two attached hydrogens (primary N) is 1. The van der Waals surface area contributed by atoms with Crippen LogP contribution in [0.4, 0.5) is 10.9 Å². The van der Waals surface area contributed by atoms with Crippen LogP contribution in [0.25, 0.3) is 22.2 Å². The lowest BCUT2D eigenvalue weighted by Gasteiger charge is -2.09. The zero-order chi connectivity index (χ0) is 21.8. The summed E-state index contributed by atoms with van der Waals surface area (Å²) in [4.78, 5) is 25.4. The van der Waals surface area contributed by atoms with Crippen LogP contribution < -0.4 is 16.4 Å². The molecule has 4 rings (SSSR count). The second-order valence-electron chi connectivity index (χ2n) is 6.47. The summed E-state index contributed by atoms with van der Waals surface area (Å²) >= 11 is 1.12. The number of rotatable bonds is 7. The normalized spacial score (nSPS) is 11.6. The Morgan fingerprint density at radius 2 is 2.19 bits per heavy atom. The molecule has 0 aliphatic rings. The van der Waals surface area contributed by atoms with E-state index in [1.165, 1.54) is 6.20 Å². The Kier molecular flexibility index (Phi) is 5.71. The fourth-order valence-corrected chi connectivity index (χ4v) is 3.57. The SMILES string of the molecule is Cc1nc(-c2ccc3ccnc(NCCC(=O)Nc4ncc(/C(N)=N/O)s4)c3c2)no1. The van der Waals surface area contributed by atoms with E-state index in [0.717, 1.165) is 27.7 Å². The fourth-order valence-electron chi connectivity index (χ4n) is 2.84. The zero-order valence-corrected chi connectivity index (χ0v) is 17.2. The molecule has 11 nitrogen and oxygen atoms in total. The van der Waals surface area contributed by atoms with Crippen molar-refractivity contribution in [1.82, 2.24) is 20.1 Å². The Balaban J connectivity index is 1.41. The first kappa shape index (κ1) is 20.2. The van der Waals surface area contributed by atoms with E-state index in [9.17, 15) is 4.79 Å². The highest BCUT2D eigenvalue weighted by atomic mass is 32.1. The summed E-state index contributed by atoms with van der Waals surface area (Å²) in [5.41, 5.74) is 6.31. The number of aryl methyl sites for hydroxylation is 1. The first-order chi connectivity index (χ1) is 15.0. The largest absolute Gasteiger partial charge is 0.409 e. The van der Waals surface area contributed by atoms with Gasteiger partial charge in [-0.05, 0) is 17.5 Å². The van der Waals surface area contributed by atoms with Gasteiger partial charge in [-0.2, -0.15) is 4.98 Å². The van der Waals surface area contributed by atoms with E-state index in [1.807, 2.05) is 24.3 Å². The van der Waals surface area contributed by atoms with Gasteiger partial charge in [0.05, 0.1) is 11.1 Å². The second-order valence-corrected chi connectivity index (χ2v) is 7.50. The number of fused-ring (bicyclic) bond motifs is 1. The molecule has 158 valence electrons. The molecule has 0 saturated carbocycles. The number of hydrogen-bond acceptors (Lipinski definition) is 10. The summed E-state index contributed by atoms with van der Waals surface area (Å²) < 4.78 is 5.06. The number of aromatic nitrogens is 4. The molecule has 3 aromatic heterocycles. The van der Waals surface area contributed by atoms with Crippen LogP contribution in [0.15, 0.2) is 46.3 Å². The number of nitrogens with zero attached hydrogens (tertiary/aromatic N) is 5. The van der Waals surface area contributed by atoms with E-state index < -0.39 is 0 Å². The van der Waals surface area contributed by atoms with Gasteiger partial charge in [-0.15, -0.1) is 0 Å². The van der Waals surface area contributed by atoms with Gasteiger partial charge < -0.3 is 26.1 Å². The van der Waals surface area contributed by atoms with Crippen LogP contribution in [0, 0.1) is 6.92 Å². The third-order valence-corrected chi connectivity index (χ3v) is 5.24. The molecule has 4 aromatic rings. The Bertz CT molecular complexity index is 1270. The van der Waals surface area contributed by atoms with Crippen LogP contribution in [0.1, 0.15) is 17.2 Å². The Labute approximate surface area is 180 Å². The molecule has 1 amide bonds. The molecular formula is C19H18N8O3S. The van der Waals surface area contributed by atoms with Crippen molar-refractivity contribution in [3.05, 3.63) is 47.4 Å². The molecule has 12 heteroatoms. The first-order valence-corrected chi connectivity index (χ1v) is 10.0. The van der Waals surface area contributed by atoms with Crippen LogP contribution in [0.2, 0.25) is 0 Å². The Morgan fingerprint density at radius 1 is 1.32 bits per heavy atom. The molecule has 0 radical (unpaired) electrons. The number of pyridine rings is 1. The van der Waals surface area contributed by atoms with E-state index >= 15 is 0 Å². The molecule has 0 atom stereocenters. The lowest BCUT2D eigenvalue weighted by Crippen LogP contribution is -2.16. The first-order valence-electron chi connectivity index (χ1n) is 9.20. The van der Waals surface area contributed by atoms with Gasteiger partial charge in [-0.3, -0.25) is 4.79 Å². The second kappa shape index (κ2) is 8.75. The quantitative estimate of drug-likeness (QED) is 0.147. The maximum Gasteiger partial charge on any atom is 0.227 e. The van der Waals surface area contributed by atoms with E-state index in [2.05, 4.69) is 35.9 Å². The molecule has 1 aromatic carbocycles. The van der Waals surface area contributed by atoms with Crippen molar-refractivity contribution < 1.29 is 14.5 Å². The molecule has 5 N–H and O–H groups in total. The minimum Gasteiger partial charge on any atom is -0.409 e. The lowest BCUT2D eigenvalue weighted by atomic mass is 10.1. The van der Waals surface area contributed by atoms with Gasteiger partial charge in [0.25, 0.3) is 0 Å². The summed E-state index contributed by atoms with van der Waals surface area (Å²) in [5, 5.41) is 23.7. The number of carbonyl (C=O) groups is 1. The molecule has 0 aliphatic carbocycles. The van der Waals surface area contributed by atoms with E-state index in [4.69, 9.17) is 15.5 Å². The van der Waals surface area contributed by atoms with Crippen LogP contribution >= 0.6 is 11.3 Å². The number of amides is 1. The number of anilines is 2. The Morgan fingerprint density at radius 3 is 2.97 bits per heavy atom. The topological polar surface area (TPSA) is 164 Å². The highest BCUT2D eigenvalue weighted by Gasteiger charge is 2.11. The monoisotopic (exact) mass is 438 g/mol. The van der Waals surface area contributed by atoms with Crippen LogP contribution in [0.5, 0.6) is 0 Å². The Hall–Kier alpha value is -4.06. The third-order valence-electron chi connectivity index (χ3n) is 4.31. The van der Waals surface area contributed by atoms with Gasteiger partial charge in [0, 0.05) is 37.0 Å². The maximum atomic E-state index is 12.2. The molecule has 0 bridgehead atoms. The number of oxime groups is 1. The average Bonchev–Trinajstić information content (AvgIpc) is 3.42. The van der Waals surface area contributed by atoms with Gasteiger partial charge in [-0.1, -0.05) is 33.8 Å². The highest BCUT2D eigenvalue weighted by Crippen LogP contribution is 2.26. The minimum atomic E-state index is -0.226. The van der Waals surface area contributed by atoms with Gasteiger partial charge in [-0.25, -0.2) is 9.97 Å². The van der Waals surface area contributed by atoms with Crippen molar-refractivity contribution in [3.63, 3.8) is 0 Å². The molecule has 0 spiro atoms. The molecule has 0 aliphatic heterocycles. The number of benzene rings is 1. The van der Waals surface area contributed by atoms with Crippen molar-refractivity contribution in [1.29, 1.82) is 0 Å². The smallest absolute Gasteiger partial charge is 0.227 e. The van der Waals surface area contributed by atoms with Crippen LogP contribution in [0.3, 0.4) is 0 Å². The van der Waals surface area contributed by atoms with Gasteiger partial charge in [0.1, 0.15) is 5.82 Å². The fraction of sp³-hybridized carbons (Fsp3) is 0.158. The molecule has 31 heavy (non-hydrogen) atoms. The zero-order valence-electron chi connectivity index (χ0n) is 16.4. The summed E-state index contributed by atoms with van der Waals surface area (Å²) in [6, 6.07) is 7.71. The number of hydrogen-bond donors (Lipinski definition) is 4. The molecular weight excluding hydrogens is 420 g/mol. The predicted molar refractivity (Wildman–Crippen MR) is 116 cm³/mol. The predicted octanol–water partition coefficient (Wildman–Crippen LogP) is 2.58. The van der Waals surface area contributed by atoms with Crippen molar-refractivity contribution in [2.24, 2.45) is 10.9 Å². The average molecular weight is 438 g/mol. The molecule has 0 fully saturated rings. The van der Waals surface area contributed by atoms with E-state index in [0.29, 0.717) is 34.1 Å².